The first-order chi connectivity index (χ1) is 19.3. The van der Waals surface area contributed by atoms with Crippen molar-refractivity contribution in [2.75, 3.05) is 10.2 Å². The highest BCUT2D eigenvalue weighted by atomic mass is 16.1. The minimum Gasteiger partial charge on any atom is -0.358 e. The zero-order valence-corrected chi connectivity index (χ0v) is 21.7. The summed E-state index contributed by atoms with van der Waals surface area (Å²) in [5.41, 5.74) is 6.74. The molecule has 1 heterocycles. The summed E-state index contributed by atoms with van der Waals surface area (Å²) < 4.78 is 0. The van der Waals surface area contributed by atoms with E-state index in [1.165, 1.54) is 5.56 Å². The maximum absolute atomic E-state index is 14.5. The van der Waals surface area contributed by atoms with Crippen molar-refractivity contribution in [2.24, 2.45) is 0 Å². The Hall–Kier alpha value is -4.89. The molecule has 3 nitrogen and oxygen atoms in total. The van der Waals surface area contributed by atoms with E-state index in [9.17, 15) is 4.79 Å². The van der Waals surface area contributed by atoms with Crippen LogP contribution in [0.5, 0.6) is 0 Å². The summed E-state index contributed by atoms with van der Waals surface area (Å²) in [5, 5.41) is 3.69. The highest BCUT2D eigenvalue weighted by Gasteiger charge is 2.41. The number of benzene rings is 5. The molecule has 1 aliphatic rings. The van der Waals surface area contributed by atoms with E-state index in [-0.39, 0.29) is 17.9 Å². The molecule has 0 aromatic heterocycles. The summed E-state index contributed by atoms with van der Waals surface area (Å²) in [7, 11) is 0. The number of ketones is 1. The smallest absolute Gasteiger partial charge is 0.193 e. The van der Waals surface area contributed by atoms with Crippen LogP contribution in [0.3, 0.4) is 0 Å². The Morgan fingerprint density at radius 2 is 1.08 bits per heavy atom. The summed E-state index contributed by atoms with van der Waals surface area (Å²) in [5.74, 6) is 0.0373. The number of nitrogens with one attached hydrogen (secondary N) is 1. The van der Waals surface area contributed by atoms with E-state index < -0.39 is 0 Å². The maximum atomic E-state index is 14.5. The second-order valence-corrected chi connectivity index (χ2v) is 9.77. The highest BCUT2D eigenvalue weighted by Crippen LogP contribution is 2.48. The second kappa shape index (κ2) is 11.2. The Balaban J connectivity index is 1.63. The number of rotatable bonds is 7. The van der Waals surface area contributed by atoms with E-state index in [1.807, 2.05) is 60.7 Å². The molecule has 0 fully saturated rings. The van der Waals surface area contributed by atoms with Gasteiger partial charge in [0.05, 0.1) is 12.1 Å². The van der Waals surface area contributed by atoms with E-state index in [1.54, 1.807) is 0 Å². The predicted molar refractivity (Wildman–Crippen MR) is 160 cm³/mol. The van der Waals surface area contributed by atoms with Gasteiger partial charge in [-0.15, -0.1) is 0 Å². The normalized spacial score (nSPS) is 17.1. The van der Waals surface area contributed by atoms with Crippen LogP contribution in [0.2, 0.25) is 0 Å². The fraction of sp³-hybridized carbons (Fsp3) is 0.0833. The lowest BCUT2D eigenvalue weighted by Crippen LogP contribution is -2.41. The molecular formula is C36H30N2O. The molecule has 5 aromatic carbocycles. The zero-order valence-electron chi connectivity index (χ0n) is 21.7. The van der Waals surface area contributed by atoms with Crippen LogP contribution in [-0.4, -0.2) is 5.78 Å². The third-order valence-electron chi connectivity index (χ3n) is 7.31. The number of carbonyl (C=O) groups is 1. The molecule has 0 bridgehead atoms. The van der Waals surface area contributed by atoms with Gasteiger partial charge in [-0.05, 0) is 35.4 Å². The quantitative estimate of drug-likeness (QED) is 0.224. The lowest BCUT2D eigenvalue weighted by Gasteiger charge is -2.46. The van der Waals surface area contributed by atoms with Gasteiger partial charge in [-0.3, -0.25) is 4.79 Å². The standard InChI is InChI=1S/C36H30N2O/c39-36(29-20-10-3-11-21-29)34-32(37-30-22-12-4-13-23-30)26-33(27-16-6-1-7-17-27)38(31-24-14-5-15-25-31)35(34)28-18-8-2-9-19-28/h1-25,33,35,37H,26H2/t33-,35+/m0/s1. The predicted octanol–water partition coefficient (Wildman–Crippen LogP) is 8.63. The van der Waals surface area contributed by atoms with Crippen LogP contribution in [-0.2, 0) is 0 Å². The van der Waals surface area contributed by atoms with E-state index in [0.29, 0.717) is 12.0 Å². The van der Waals surface area contributed by atoms with Crippen molar-refractivity contribution < 1.29 is 4.79 Å². The first kappa shape index (κ1) is 24.4. The Morgan fingerprint density at radius 1 is 0.590 bits per heavy atom. The van der Waals surface area contributed by atoms with Gasteiger partial charge in [0, 0.05) is 34.6 Å². The summed E-state index contributed by atoms with van der Waals surface area (Å²) in [6, 6.07) is 51.0. The van der Waals surface area contributed by atoms with Gasteiger partial charge < -0.3 is 10.2 Å². The van der Waals surface area contributed by atoms with E-state index in [0.717, 1.165) is 28.2 Å². The first-order valence-electron chi connectivity index (χ1n) is 13.4. The molecular weight excluding hydrogens is 476 g/mol. The molecule has 39 heavy (non-hydrogen) atoms. The molecule has 5 aromatic rings. The van der Waals surface area contributed by atoms with Gasteiger partial charge in [0.15, 0.2) is 5.78 Å². The zero-order chi connectivity index (χ0) is 26.4. The van der Waals surface area contributed by atoms with Gasteiger partial charge in [-0.1, -0.05) is 127 Å². The minimum atomic E-state index is -0.300. The molecule has 190 valence electrons. The Labute approximate surface area is 230 Å². The van der Waals surface area contributed by atoms with E-state index in [4.69, 9.17) is 0 Å². The third-order valence-corrected chi connectivity index (χ3v) is 7.31. The second-order valence-electron chi connectivity index (χ2n) is 9.77. The van der Waals surface area contributed by atoms with Crippen molar-refractivity contribution >= 4 is 17.2 Å². The molecule has 2 atom stereocenters. The minimum absolute atomic E-state index is 0.0114. The molecule has 0 aliphatic carbocycles. The van der Waals surface area contributed by atoms with Crippen molar-refractivity contribution in [3.05, 3.63) is 180 Å². The van der Waals surface area contributed by atoms with Crippen LogP contribution < -0.4 is 10.2 Å². The summed E-state index contributed by atoms with van der Waals surface area (Å²) in [6.45, 7) is 0. The Bertz CT molecular complexity index is 1550. The lowest BCUT2D eigenvalue weighted by molar-refractivity contribution is 0.102. The summed E-state index contributed by atoms with van der Waals surface area (Å²) in [6.07, 6.45) is 0.658. The van der Waals surface area contributed by atoms with Crippen LogP contribution in [0.4, 0.5) is 11.4 Å². The molecule has 6 rings (SSSR count). The van der Waals surface area contributed by atoms with Crippen molar-refractivity contribution in [1.82, 2.24) is 0 Å². The summed E-state index contributed by atoms with van der Waals surface area (Å²) in [4.78, 5) is 16.9. The monoisotopic (exact) mass is 506 g/mol. The Morgan fingerprint density at radius 3 is 1.67 bits per heavy atom. The fourth-order valence-electron chi connectivity index (χ4n) is 5.55. The topological polar surface area (TPSA) is 32.3 Å². The highest BCUT2D eigenvalue weighted by molar-refractivity contribution is 6.11. The van der Waals surface area contributed by atoms with E-state index >= 15 is 0 Å². The van der Waals surface area contributed by atoms with Crippen LogP contribution in [0.15, 0.2) is 163 Å². The maximum Gasteiger partial charge on any atom is 0.193 e. The molecule has 3 heteroatoms. The molecule has 1 N–H and O–H groups in total. The largest absolute Gasteiger partial charge is 0.358 e. The van der Waals surface area contributed by atoms with Gasteiger partial charge >= 0.3 is 0 Å². The van der Waals surface area contributed by atoms with Crippen molar-refractivity contribution in [3.8, 4) is 0 Å². The van der Waals surface area contributed by atoms with Gasteiger partial charge in [-0.2, -0.15) is 0 Å². The number of hydrogen-bond acceptors (Lipinski definition) is 3. The Kier molecular flexibility index (Phi) is 7.05. The van der Waals surface area contributed by atoms with Gasteiger partial charge in [-0.25, -0.2) is 0 Å². The number of anilines is 2. The van der Waals surface area contributed by atoms with Crippen LogP contribution >= 0.6 is 0 Å². The number of Topliss-reactive ketones (excluding diaryl/α,β-unsaturated/α-hetero) is 1. The molecule has 0 radical (unpaired) electrons. The van der Waals surface area contributed by atoms with Crippen molar-refractivity contribution in [1.29, 1.82) is 0 Å². The van der Waals surface area contributed by atoms with Crippen LogP contribution in [0.25, 0.3) is 0 Å². The van der Waals surface area contributed by atoms with Gasteiger partial charge in [0.2, 0.25) is 0 Å². The summed E-state index contributed by atoms with van der Waals surface area (Å²) >= 11 is 0. The van der Waals surface area contributed by atoms with E-state index in [2.05, 4.69) is 101 Å². The third kappa shape index (κ3) is 5.12. The molecule has 0 unspecified atom stereocenters. The van der Waals surface area contributed by atoms with Crippen LogP contribution in [0.1, 0.15) is 40.0 Å². The number of hydrogen-bond donors (Lipinski definition) is 1. The molecule has 0 spiro atoms. The SMILES string of the molecule is O=C(C1=C(Nc2ccccc2)C[C@@H](c2ccccc2)N(c2ccccc2)[C@@H]1c1ccccc1)c1ccccc1. The van der Waals surface area contributed by atoms with Gasteiger partial charge in [0.25, 0.3) is 0 Å². The van der Waals surface area contributed by atoms with Crippen molar-refractivity contribution in [2.45, 2.75) is 18.5 Å². The average Bonchev–Trinajstić information content (AvgIpc) is 3.02. The average molecular weight is 507 g/mol. The number of nitrogens with zero attached hydrogens (tertiary/aromatic N) is 1. The fourth-order valence-corrected chi connectivity index (χ4v) is 5.55. The first-order valence-corrected chi connectivity index (χ1v) is 13.4. The number of para-hydroxylation sites is 2. The molecule has 0 amide bonds. The lowest BCUT2D eigenvalue weighted by atomic mass is 9.81. The van der Waals surface area contributed by atoms with Crippen molar-refractivity contribution in [3.63, 3.8) is 0 Å². The molecule has 0 saturated carbocycles. The van der Waals surface area contributed by atoms with Gasteiger partial charge in [0.1, 0.15) is 0 Å². The number of carbonyl (C=O) groups excluding carboxylic acids is 1. The molecule has 1 aliphatic heterocycles. The molecule has 0 saturated heterocycles. The van der Waals surface area contributed by atoms with Crippen LogP contribution in [0, 0.1) is 0 Å².